The molecule has 136 valence electrons. The van der Waals surface area contributed by atoms with Gasteiger partial charge in [-0.05, 0) is 48.5 Å². The van der Waals surface area contributed by atoms with E-state index in [0.29, 0.717) is 17.6 Å². The zero-order valence-corrected chi connectivity index (χ0v) is 14.8. The minimum absolute atomic E-state index is 0.530. The first-order valence-corrected chi connectivity index (χ1v) is 8.79. The number of aromatic amines is 2. The number of pyridine rings is 1. The molecule has 5 aromatic rings. The second-order valence-corrected chi connectivity index (χ2v) is 6.20. The van der Waals surface area contributed by atoms with Crippen molar-refractivity contribution in [2.24, 2.45) is 0 Å². The van der Waals surface area contributed by atoms with Gasteiger partial charge in [0.25, 0.3) is 0 Å². The van der Waals surface area contributed by atoms with Gasteiger partial charge >= 0.3 is 0 Å². The van der Waals surface area contributed by atoms with Crippen LogP contribution < -0.4 is 10.1 Å². The molecule has 3 aromatic heterocycles. The average Bonchev–Trinajstić information content (AvgIpc) is 3.39. The molecule has 0 aliphatic carbocycles. The number of fused-ring (bicyclic) bond motifs is 1. The molecule has 5 rings (SSSR count). The SMILES string of the molecule is c1cnc(Oc2ccc(Nc3nc4ccccc4[nH]3)cc2)c(-c2cn[nH]c2)c1. The van der Waals surface area contributed by atoms with Gasteiger partial charge in [-0.25, -0.2) is 9.97 Å². The van der Waals surface area contributed by atoms with E-state index in [9.17, 15) is 0 Å². The van der Waals surface area contributed by atoms with Gasteiger partial charge in [0.05, 0.1) is 17.2 Å². The van der Waals surface area contributed by atoms with Crippen LogP contribution >= 0.6 is 0 Å². The molecule has 0 aliphatic heterocycles. The standard InChI is InChI=1S/C21H16N6O/c1-2-6-19-18(5-1)26-21(27-19)25-15-7-9-16(10-8-15)28-20-17(4-3-11-22-20)14-12-23-24-13-14/h1-13H,(H,23,24)(H2,25,26,27). The number of nitrogens with zero attached hydrogens (tertiary/aromatic N) is 3. The summed E-state index contributed by atoms with van der Waals surface area (Å²) in [7, 11) is 0. The van der Waals surface area contributed by atoms with Crippen LogP contribution in [0.25, 0.3) is 22.2 Å². The summed E-state index contributed by atoms with van der Waals surface area (Å²) in [6.45, 7) is 0. The molecule has 0 saturated carbocycles. The number of nitrogens with one attached hydrogen (secondary N) is 3. The van der Waals surface area contributed by atoms with Crippen LogP contribution in [-0.2, 0) is 0 Å². The highest BCUT2D eigenvalue weighted by Crippen LogP contribution is 2.31. The first-order valence-electron chi connectivity index (χ1n) is 8.79. The predicted molar refractivity (Wildman–Crippen MR) is 108 cm³/mol. The normalized spacial score (nSPS) is 10.9. The number of benzene rings is 2. The zero-order chi connectivity index (χ0) is 18.8. The number of ether oxygens (including phenoxy) is 1. The van der Waals surface area contributed by atoms with E-state index in [1.165, 1.54) is 0 Å². The second kappa shape index (κ2) is 6.88. The number of aromatic nitrogens is 5. The largest absolute Gasteiger partial charge is 0.438 e. The Bertz CT molecular complexity index is 1180. The van der Waals surface area contributed by atoms with Crippen LogP contribution in [0.1, 0.15) is 0 Å². The van der Waals surface area contributed by atoms with Gasteiger partial charge in [-0.2, -0.15) is 5.10 Å². The van der Waals surface area contributed by atoms with Crippen molar-refractivity contribution in [2.45, 2.75) is 0 Å². The van der Waals surface area contributed by atoms with E-state index in [2.05, 4.69) is 30.5 Å². The predicted octanol–water partition coefficient (Wildman–Crippen LogP) is 4.88. The Kier molecular flexibility index (Phi) is 3.95. The van der Waals surface area contributed by atoms with Crippen molar-refractivity contribution in [2.75, 3.05) is 5.32 Å². The fourth-order valence-electron chi connectivity index (χ4n) is 2.96. The highest BCUT2D eigenvalue weighted by atomic mass is 16.5. The van der Waals surface area contributed by atoms with Crippen molar-refractivity contribution in [1.82, 2.24) is 25.1 Å². The number of para-hydroxylation sites is 2. The summed E-state index contributed by atoms with van der Waals surface area (Å²) < 4.78 is 5.98. The fourth-order valence-corrected chi connectivity index (χ4v) is 2.96. The lowest BCUT2D eigenvalue weighted by atomic mass is 10.1. The number of hydrogen-bond acceptors (Lipinski definition) is 5. The van der Waals surface area contributed by atoms with Crippen LogP contribution in [0, 0.1) is 0 Å². The van der Waals surface area contributed by atoms with Gasteiger partial charge in [0, 0.05) is 29.2 Å². The molecular weight excluding hydrogens is 352 g/mol. The Labute approximate surface area is 160 Å². The molecule has 0 unspecified atom stereocenters. The Morgan fingerprint density at radius 3 is 2.64 bits per heavy atom. The molecule has 3 heterocycles. The highest BCUT2D eigenvalue weighted by Gasteiger charge is 2.09. The zero-order valence-electron chi connectivity index (χ0n) is 14.8. The van der Waals surface area contributed by atoms with E-state index in [1.54, 1.807) is 12.4 Å². The summed E-state index contributed by atoms with van der Waals surface area (Å²) in [5, 5.41) is 10.1. The van der Waals surface area contributed by atoms with Gasteiger partial charge in [0.2, 0.25) is 11.8 Å². The summed E-state index contributed by atoms with van der Waals surface area (Å²) >= 11 is 0. The number of rotatable bonds is 5. The second-order valence-electron chi connectivity index (χ2n) is 6.20. The molecule has 0 aliphatic rings. The number of H-pyrrole nitrogens is 2. The number of hydrogen-bond donors (Lipinski definition) is 3. The van der Waals surface area contributed by atoms with Gasteiger partial charge in [-0.15, -0.1) is 0 Å². The molecular formula is C21H16N6O. The molecule has 0 amide bonds. The molecule has 0 bridgehead atoms. The van der Waals surface area contributed by atoms with Crippen molar-refractivity contribution in [3.05, 3.63) is 79.3 Å². The minimum atomic E-state index is 0.530. The van der Waals surface area contributed by atoms with Crippen molar-refractivity contribution >= 4 is 22.7 Å². The van der Waals surface area contributed by atoms with Crippen molar-refractivity contribution in [1.29, 1.82) is 0 Å². The van der Waals surface area contributed by atoms with Gasteiger partial charge < -0.3 is 15.0 Å². The van der Waals surface area contributed by atoms with Gasteiger partial charge in [0.1, 0.15) is 5.75 Å². The lowest BCUT2D eigenvalue weighted by Crippen LogP contribution is -1.93. The maximum Gasteiger partial charge on any atom is 0.227 e. The molecule has 0 saturated heterocycles. The molecule has 0 radical (unpaired) electrons. The van der Waals surface area contributed by atoms with E-state index in [4.69, 9.17) is 4.74 Å². The summed E-state index contributed by atoms with van der Waals surface area (Å²) in [4.78, 5) is 12.1. The first kappa shape index (κ1) is 16.1. The Hall–Kier alpha value is -4.13. The highest BCUT2D eigenvalue weighted by molar-refractivity contribution is 5.78. The maximum atomic E-state index is 5.98. The van der Waals surface area contributed by atoms with Gasteiger partial charge in [0.15, 0.2) is 0 Å². The van der Waals surface area contributed by atoms with E-state index >= 15 is 0 Å². The summed E-state index contributed by atoms with van der Waals surface area (Å²) in [6.07, 6.45) is 5.25. The Balaban J connectivity index is 1.35. The average molecular weight is 368 g/mol. The summed E-state index contributed by atoms with van der Waals surface area (Å²) in [6, 6.07) is 19.4. The third-order valence-electron chi connectivity index (χ3n) is 4.30. The van der Waals surface area contributed by atoms with Crippen LogP contribution in [-0.4, -0.2) is 25.1 Å². The van der Waals surface area contributed by atoms with Crippen LogP contribution in [0.2, 0.25) is 0 Å². The molecule has 0 spiro atoms. The van der Waals surface area contributed by atoms with Crippen LogP contribution in [0.3, 0.4) is 0 Å². The maximum absolute atomic E-state index is 5.98. The molecule has 28 heavy (non-hydrogen) atoms. The molecule has 7 heteroatoms. The third kappa shape index (κ3) is 3.16. The minimum Gasteiger partial charge on any atom is -0.438 e. The third-order valence-corrected chi connectivity index (χ3v) is 4.30. The molecule has 3 N–H and O–H groups in total. The quantitative estimate of drug-likeness (QED) is 0.411. The van der Waals surface area contributed by atoms with E-state index in [-0.39, 0.29) is 0 Å². The van der Waals surface area contributed by atoms with Crippen LogP contribution in [0.5, 0.6) is 11.6 Å². The van der Waals surface area contributed by atoms with E-state index in [1.807, 2.05) is 66.9 Å². The number of anilines is 2. The smallest absolute Gasteiger partial charge is 0.227 e. The van der Waals surface area contributed by atoms with Crippen molar-refractivity contribution < 1.29 is 4.74 Å². The van der Waals surface area contributed by atoms with Crippen molar-refractivity contribution in [3.63, 3.8) is 0 Å². The summed E-state index contributed by atoms with van der Waals surface area (Å²) in [5.74, 6) is 1.92. The van der Waals surface area contributed by atoms with E-state index in [0.717, 1.165) is 27.8 Å². The van der Waals surface area contributed by atoms with Crippen LogP contribution in [0.4, 0.5) is 11.6 Å². The molecule has 0 atom stereocenters. The topological polar surface area (TPSA) is 91.5 Å². The first-order chi connectivity index (χ1) is 13.8. The monoisotopic (exact) mass is 368 g/mol. The van der Waals surface area contributed by atoms with E-state index < -0.39 is 0 Å². The number of imidazole rings is 1. The lowest BCUT2D eigenvalue weighted by Gasteiger charge is -2.09. The molecule has 0 fully saturated rings. The van der Waals surface area contributed by atoms with Crippen molar-refractivity contribution in [3.8, 4) is 22.8 Å². The molecule has 2 aromatic carbocycles. The summed E-state index contributed by atoms with van der Waals surface area (Å²) in [5.41, 5.74) is 4.62. The lowest BCUT2D eigenvalue weighted by molar-refractivity contribution is 0.465. The van der Waals surface area contributed by atoms with Crippen LogP contribution in [0.15, 0.2) is 79.3 Å². The van der Waals surface area contributed by atoms with Gasteiger partial charge in [-0.3, -0.25) is 5.10 Å². The van der Waals surface area contributed by atoms with Gasteiger partial charge in [-0.1, -0.05) is 12.1 Å². The molecule has 7 nitrogen and oxygen atoms in total. The Morgan fingerprint density at radius 1 is 0.929 bits per heavy atom. The Morgan fingerprint density at radius 2 is 1.82 bits per heavy atom. The fraction of sp³-hybridized carbons (Fsp3) is 0.